The summed E-state index contributed by atoms with van der Waals surface area (Å²) in [7, 11) is 0. The molecule has 0 bridgehead atoms. The number of hydrogen-bond acceptors (Lipinski definition) is 6. The molecule has 1 aromatic heterocycles. The molecular formula is C9H13ClN4O3. The van der Waals surface area contributed by atoms with Gasteiger partial charge in [-0.2, -0.15) is 4.98 Å². The highest BCUT2D eigenvalue weighted by Gasteiger charge is 2.25. The minimum atomic E-state index is -0.541. The minimum Gasteiger partial charge on any atom is -0.395 e. The van der Waals surface area contributed by atoms with E-state index in [1.54, 1.807) is 4.90 Å². The fourth-order valence-electron chi connectivity index (χ4n) is 1.49. The molecule has 1 N–H and O–H groups in total. The van der Waals surface area contributed by atoms with Crippen molar-refractivity contribution in [1.29, 1.82) is 0 Å². The number of aliphatic hydroxyl groups is 1. The number of aromatic nitrogens is 2. The van der Waals surface area contributed by atoms with E-state index in [9.17, 15) is 10.1 Å². The fraction of sp³-hybridized carbons (Fsp3) is 0.556. The highest BCUT2D eigenvalue weighted by atomic mass is 35.5. The summed E-state index contributed by atoms with van der Waals surface area (Å²) < 4.78 is 0. The Kier molecular flexibility index (Phi) is 4.59. The molecule has 0 radical (unpaired) electrons. The second kappa shape index (κ2) is 5.74. The lowest BCUT2D eigenvalue weighted by Gasteiger charge is -2.20. The van der Waals surface area contributed by atoms with Crippen LogP contribution in [0.5, 0.6) is 0 Å². The highest BCUT2D eigenvalue weighted by molar-refractivity contribution is 6.28. The van der Waals surface area contributed by atoms with Crippen LogP contribution in [0.15, 0.2) is 0 Å². The van der Waals surface area contributed by atoms with Crippen molar-refractivity contribution in [2.45, 2.75) is 13.8 Å². The molecule has 0 saturated heterocycles. The van der Waals surface area contributed by atoms with Crippen LogP contribution in [0, 0.1) is 17.0 Å². The van der Waals surface area contributed by atoms with Crippen LogP contribution in [0.4, 0.5) is 11.5 Å². The average molecular weight is 261 g/mol. The van der Waals surface area contributed by atoms with Gasteiger partial charge in [0.25, 0.3) is 0 Å². The lowest BCUT2D eigenvalue weighted by Crippen LogP contribution is -2.28. The van der Waals surface area contributed by atoms with E-state index in [0.717, 1.165) is 0 Å². The first-order chi connectivity index (χ1) is 8.01. The largest absolute Gasteiger partial charge is 0.395 e. The number of rotatable bonds is 5. The predicted octanol–water partition coefficient (Wildman–Crippen LogP) is 1.17. The zero-order valence-electron chi connectivity index (χ0n) is 9.55. The second-order valence-electron chi connectivity index (χ2n) is 3.31. The number of aliphatic hydroxyl groups excluding tert-OH is 1. The average Bonchev–Trinajstić information content (AvgIpc) is 2.23. The van der Waals surface area contributed by atoms with Crippen molar-refractivity contribution in [2.75, 3.05) is 24.6 Å². The maximum atomic E-state index is 11.0. The SMILES string of the molecule is CCN(CCO)c1nc(Cl)nc(C)c1[N+](=O)[O-]. The Morgan fingerprint density at radius 1 is 1.53 bits per heavy atom. The van der Waals surface area contributed by atoms with Crippen molar-refractivity contribution in [3.63, 3.8) is 0 Å². The van der Waals surface area contributed by atoms with Gasteiger partial charge in [-0.25, -0.2) is 4.98 Å². The van der Waals surface area contributed by atoms with Gasteiger partial charge in [-0.3, -0.25) is 10.1 Å². The molecule has 1 aromatic rings. The van der Waals surface area contributed by atoms with E-state index in [4.69, 9.17) is 16.7 Å². The van der Waals surface area contributed by atoms with Crippen LogP contribution < -0.4 is 4.90 Å². The molecule has 0 fully saturated rings. The van der Waals surface area contributed by atoms with Gasteiger partial charge in [0.2, 0.25) is 11.1 Å². The van der Waals surface area contributed by atoms with Gasteiger partial charge in [0.15, 0.2) is 0 Å². The Labute approximate surface area is 103 Å². The van der Waals surface area contributed by atoms with Crippen LogP contribution in [0.1, 0.15) is 12.6 Å². The molecule has 17 heavy (non-hydrogen) atoms. The quantitative estimate of drug-likeness (QED) is 0.485. The summed E-state index contributed by atoms with van der Waals surface area (Å²) in [5.41, 5.74) is 0.0334. The third-order valence-electron chi connectivity index (χ3n) is 2.25. The smallest absolute Gasteiger partial charge is 0.332 e. The van der Waals surface area contributed by atoms with E-state index in [-0.39, 0.29) is 35.6 Å². The molecule has 7 nitrogen and oxygen atoms in total. The molecule has 0 atom stereocenters. The fourth-order valence-corrected chi connectivity index (χ4v) is 1.69. The van der Waals surface area contributed by atoms with Crippen LogP contribution in [-0.4, -0.2) is 39.7 Å². The van der Waals surface area contributed by atoms with Gasteiger partial charge < -0.3 is 10.0 Å². The Balaban J connectivity index is 3.32. The van der Waals surface area contributed by atoms with E-state index in [0.29, 0.717) is 6.54 Å². The zero-order valence-corrected chi connectivity index (χ0v) is 10.3. The zero-order chi connectivity index (χ0) is 13.0. The molecule has 0 aliphatic rings. The molecule has 0 aliphatic carbocycles. The van der Waals surface area contributed by atoms with Crippen molar-refractivity contribution < 1.29 is 10.0 Å². The second-order valence-corrected chi connectivity index (χ2v) is 3.65. The van der Waals surface area contributed by atoms with Crippen LogP contribution in [-0.2, 0) is 0 Å². The Hall–Kier alpha value is -1.47. The number of nitro groups is 1. The van der Waals surface area contributed by atoms with Gasteiger partial charge >= 0.3 is 5.69 Å². The number of likely N-dealkylation sites (N-methyl/N-ethyl adjacent to an activating group) is 1. The summed E-state index contributed by atoms with van der Waals surface area (Å²) in [6, 6.07) is 0. The summed E-state index contributed by atoms with van der Waals surface area (Å²) in [5, 5.41) is 19.8. The van der Waals surface area contributed by atoms with Crippen molar-refractivity contribution >= 4 is 23.1 Å². The first-order valence-corrected chi connectivity index (χ1v) is 5.43. The third-order valence-corrected chi connectivity index (χ3v) is 2.42. The molecule has 94 valence electrons. The van der Waals surface area contributed by atoms with Gasteiger partial charge in [-0.15, -0.1) is 0 Å². The van der Waals surface area contributed by atoms with E-state index < -0.39 is 4.92 Å². The predicted molar refractivity (Wildman–Crippen MR) is 63.4 cm³/mol. The van der Waals surface area contributed by atoms with Gasteiger partial charge in [-0.1, -0.05) is 0 Å². The molecule has 1 rings (SSSR count). The standard InChI is InChI=1S/C9H13ClN4O3/c1-3-13(4-5-15)8-7(14(16)17)6(2)11-9(10)12-8/h15H,3-5H2,1-2H3. The van der Waals surface area contributed by atoms with Crippen molar-refractivity contribution in [3.05, 3.63) is 21.1 Å². The number of aryl methyl sites for hydroxylation is 1. The molecule has 1 heterocycles. The van der Waals surface area contributed by atoms with Gasteiger partial charge in [-0.05, 0) is 25.4 Å². The van der Waals surface area contributed by atoms with E-state index >= 15 is 0 Å². The molecule has 0 aromatic carbocycles. The Bertz CT molecular complexity index is 427. The first kappa shape index (κ1) is 13.6. The molecule has 0 saturated carbocycles. The van der Waals surface area contributed by atoms with E-state index in [1.165, 1.54) is 6.92 Å². The van der Waals surface area contributed by atoms with Crippen molar-refractivity contribution in [2.24, 2.45) is 0 Å². The van der Waals surface area contributed by atoms with Crippen LogP contribution in [0.3, 0.4) is 0 Å². The maximum Gasteiger partial charge on any atom is 0.332 e. The topological polar surface area (TPSA) is 92.4 Å². The lowest BCUT2D eigenvalue weighted by molar-refractivity contribution is -0.385. The molecule has 0 spiro atoms. The third kappa shape index (κ3) is 3.01. The van der Waals surface area contributed by atoms with Crippen LogP contribution >= 0.6 is 11.6 Å². The molecule has 0 aliphatic heterocycles. The number of anilines is 1. The summed E-state index contributed by atoms with van der Waals surface area (Å²) in [4.78, 5) is 19.6. The minimum absolute atomic E-state index is 0.0421. The van der Waals surface area contributed by atoms with E-state index in [2.05, 4.69) is 9.97 Å². The summed E-state index contributed by atoms with van der Waals surface area (Å²) in [6.45, 7) is 3.93. The summed E-state index contributed by atoms with van der Waals surface area (Å²) >= 11 is 5.69. The molecular weight excluding hydrogens is 248 g/mol. The number of halogens is 1. The summed E-state index contributed by atoms with van der Waals surface area (Å²) in [5.74, 6) is 0.143. The molecule has 0 unspecified atom stereocenters. The van der Waals surface area contributed by atoms with Crippen LogP contribution in [0.2, 0.25) is 5.28 Å². The van der Waals surface area contributed by atoms with Gasteiger partial charge in [0, 0.05) is 13.1 Å². The highest BCUT2D eigenvalue weighted by Crippen LogP contribution is 2.29. The van der Waals surface area contributed by atoms with Crippen molar-refractivity contribution in [1.82, 2.24) is 9.97 Å². The summed E-state index contributed by atoms with van der Waals surface area (Å²) in [6.07, 6.45) is 0. The monoisotopic (exact) mass is 260 g/mol. The molecule has 8 heteroatoms. The van der Waals surface area contributed by atoms with E-state index in [1.807, 2.05) is 6.92 Å². The number of nitrogens with zero attached hydrogens (tertiary/aromatic N) is 4. The van der Waals surface area contributed by atoms with Gasteiger partial charge in [0.05, 0.1) is 11.5 Å². The normalized spacial score (nSPS) is 10.4. The van der Waals surface area contributed by atoms with Crippen molar-refractivity contribution in [3.8, 4) is 0 Å². The lowest BCUT2D eigenvalue weighted by atomic mass is 10.3. The first-order valence-electron chi connectivity index (χ1n) is 5.05. The maximum absolute atomic E-state index is 11.0. The van der Waals surface area contributed by atoms with Gasteiger partial charge in [0.1, 0.15) is 5.69 Å². The Morgan fingerprint density at radius 3 is 2.65 bits per heavy atom. The molecule has 0 amide bonds. The number of hydrogen-bond donors (Lipinski definition) is 1. The Morgan fingerprint density at radius 2 is 2.18 bits per heavy atom. The van der Waals surface area contributed by atoms with Crippen LogP contribution in [0.25, 0.3) is 0 Å².